The van der Waals surface area contributed by atoms with Crippen LogP contribution in [0.3, 0.4) is 0 Å². The van der Waals surface area contributed by atoms with E-state index in [2.05, 4.69) is 4.84 Å². The van der Waals surface area contributed by atoms with E-state index in [1.165, 1.54) is 6.41 Å². The molecule has 0 aromatic carbocycles. The third-order valence-corrected chi connectivity index (χ3v) is 0.420. The van der Waals surface area contributed by atoms with Crippen LogP contribution < -0.4 is 5.48 Å². The van der Waals surface area contributed by atoms with Gasteiger partial charge in [0.25, 0.3) is 0 Å². The number of nitrogens with one attached hydrogen (secondary N) is 1. The van der Waals surface area contributed by atoms with Gasteiger partial charge in [-0.3, -0.25) is 9.63 Å². The number of carbonyl (C=O) groups excluding carboxylic acids is 1. The fourth-order valence-corrected chi connectivity index (χ4v) is 0.183. The molecular formula is C4H8NO2. The molecular weight excluding hydrogens is 94.0 g/mol. The molecule has 0 fully saturated rings. The minimum atomic E-state index is 0.551. The second-order valence-electron chi connectivity index (χ2n) is 1.05. The Balaban J connectivity index is 2.56. The van der Waals surface area contributed by atoms with Crippen molar-refractivity contribution in [3.63, 3.8) is 0 Å². The molecule has 0 aromatic rings. The maximum absolute atomic E-state index is 9.32. The zero-order chi connectivity index (χ0) is 5.54. The summed E-state index contributed by atoms with van der Waals surface area (Å²) in [7, 11) is 0. The summed E-state index contributed by atoms with van der Waals surface area (Å²) in [5.41, 5.74) is 1.94. The first kappa shape index (κ1) is 6.43. The largest absolute Gasteiger partial charge is 0.335 e. The highest BCUT2D eigenvalue weighted by atomic mass is 16.6. The molecule has 0 aromatic heterocycles. The molecule has 0 atom stereocenters. The topological polar surface area (TPSA) is 38.3 Å². The minimum absolute atomic E-state index is 0.551. The molecule has 0 rings (SSSR count). The lowest BCUT2D eigenvalue weighted by atomic mass is 10.5. The highest BCUT2D eigenvalue weighted by Crippen LogP contribution is 1.71. The summed E-state index contributed by atoms with van der Waals surface area (Å²) in [4.78, 5) is 13.8. The Morgan fingerprint density at radius 3 is 3.00 bits per heavy atom. The average Bonchev–Trinajstić information content (AvgIpc) is 1.69. The molecule has 1 N–H and O–H groups in total. The van der Waals surface area contributed by atoms with E-state index in [1.807, 2.05) is 12.4 Å². The molecule has 3 nitrogen and oxygen atoms in total. The number of hydrogen-bond acceptors (Lipinski definition) is 2. The molecule has 0 aliphatic carbocycles. The van der Waals surface area contributed by atoms with Crippen molar-refractivity contribution in [3.8, 4) is 0 Å². The van der Waals surface area contributed by atoms with Gasteiger partial charge in [0, 0.05) is 0 Å². The lowest BCUT2D eigenvalue weighted by Crippen LogP contribution is -2.11. The van der Waals surface area contributed by atoms with Gasteiger partial charge in [-0.2, -0.15) is 0 Å². The zero-order valence-electron chi connectivity index (χ0n) is 4.23. The van der Waals surface area contributed by atoms with E-state index in [4.69, 9.17) is 0 Å². The first-order valence-electron chi connectivity index (χ1n) is 2.15. The third kappa shape index (κ3) is 5.43. The van der Waals surface area contributed by atoms with Gasteiger partial charge in [0.2, 0.25) is 0 Å². The fraction of sp³-hybridized carbons (Fsp3) is 0.750. The second kappa shape index (κ2) is 5.43. The van der Waals surface area contributed by atoms with Gasteiger partial charge in [0.05, 0.1) is 6.61 Å². The summed E-state index contributed by atoms with van der Waals surface area (Å²) in [6, 6.07) is 0. The van der Waals surface area contributed by atoms with Gasteiger partial charge >= 0.3 is 6.41 Å². The molecule has 0 unspecified atom stereocenters. The van der Waals surface area contributed by atoms with Crippen molar-refractivity contribution in [3.05, 3.63) is 0 Å². The molecule has 3 heteroatoms. The van der Waals surface area contributed by atoms with E-state index in [0.29, 0.717) is 6.61 Å². The van der Waals surface area contributed by atoms with E-state index in [1.54, 1.807) is 0 Å². The molecule has 41 valence electrons. The van der Waals surface area contributed by atoms with Crippen LogP contribution in [-0.2, 0) is 9.63 Å². The Morgan fingerprint density at radius 2 is 2.57 bits per heavy atom. The maximum Gasteiger partial charge on any atom is 0.335 e. The van der Waals surface area contributed by atoms with Gasteiger partial charge in [0.1, 0.15) is 0 Å². The third-order valence-electron chi connectivity index (χ3n) is 0.420. The van der Waals surface area contributed by atoms with Crippen molar-refractivity contribution in [1.29, 1.82) is 0 Å². The Kier molecular flexibility index (Phi) is 4.99. The van der Waals surface area contributed by atoms with Gasteiger partial charge in [-0.05, 0) is 6.42 Å². The van der Waals surface area contributed by atoms with Gasteiger partial charge in [-0.25, -0.2) is 5.48 Å². The van der Waals surface area contributed by atoms with E-state index in [9.17, 15) is 4.79 Å². The van der Waals surface area contributed by atoms with Crippen molar-refractivity contribution >= 4 is 6.41 Å². The summed E-state index contributed by atoms with van der Waals surface area (Å²) in [6.07, 6.45) is 2.28. The second-order valence-corrected chi connectivity index (χ2v) is 1.05. The summed E-state index contributed by atoms with van der Waals surface area (Å²) in [5.74, 6) is 0. The van der Waals surface area contributed by atoms with Crippen LogP contribution in [0.25, 0.3) is 0 Å². The Morgan fingerprint density at radius 1 is 1.86 bits per heavy atom. The molecule has 0 saturated heterocycles. The highest BCUT2D eigenvalue weighted by Gasteiger charge is 1.76. The van der Waals surface area contributed by atoms with Crippen LogP contribution in [-0.4, -0.2) is 13.0 Å². The first-order chi connectivity index (χ1) is 3.41. The van der Waals surface area contributed by atoms with Gasteiger partial charge < -0.3 is 0 Å². The van der Waals surface area contributed by atoms with Crippen molar-refractivity contribution in [2.45, 2.75) is 13.3 Å². The molecule has 0 aliphatic rings. The first-order valence-corrected chi connectivity index (χ1v) is 2.15. The SMILES string of the molecule is CCCON[C]=O. The smallest absolute Gasteiger partial charge is 0.273 e. The monoisotopic (exact) mass is 102 g/mol. The highest BCUT2D eigenvalue weighted by molar-refractivity contribution is 5.44. The number of hydrogen-bond donors (Lipinski definition) is 1. The summed E-state index contributed by atoms with van der Waals surface area (Å²) in [6.45, 7) is 2.50. The van der Waals surface area contributed by atoms with Crippen LogP contribution in [0.5, 0.6) is 0 Å². The van der Waals surface area contributed by atoms with Crippen LogP contribution in [0.2, 0.25) is 0 Å². The zero-order valence-corrected chi connectivity index (χ0v) is 4.23. The predicted octanol–water partition coefficient (Wildman–Crippen LogP) is -0.0152. The molecule has 1 radical (unpaired) electrons. The van der Waals surface area contributed by atoms with Crippen LogP contribution in [0, 0.1) is 0 Å². The van der Waals surface area contributed by atoms with Crippen molar-refractivity contribution < 1.29 is 9.63 Å². The Hall–Kier alpha value is -0.570. The van der Waals surface area contributed by atoms with Crippen LogP contribution in [0.15, 0.2) is 0 Å². The Labute approximate surface area is 42.6 Å². The number of rotatable bonds is 4. The maximum atomic E-state index is 9.32. The summed E-state index contributed by atoms with van der Waals surface area (Å²) < 4.78 is 0. The molecule has 7 heavy (non-hydrogen) atoms. The fourth-order valence-electron chi connectivity index (χ4n) is 0.183. The normalized spacial score (nSPS) is 8.14. The molecule has 0 spiro atoms. The van der Waals surface area contributed by atoms with Gasteiger partial charge in [0.15, 0.2) is 0 Å². The minimum Gasteiger partial charge on any atom is -0.273 e. The van der Waals surface area contributed by atoms with Gasteiger partial charge in [-0.1, -0.05) is 6.92 Å². The quantitative estimate of drug-likeness (QED) is 0.308. The average molecular weight is 102 g/mol. The predicted molar refractivity (Wildman–Crippen MR) is 25.1 cm³/mol. The van der Waals surface area contributed by atoms with Crippen molar-refractivity contribution in [2.75, 3.05) is 6.61 Å². The standard InChI is InChI=1S/C4H8NO2/c1-2-3-7-5-4-6/h2-3H2,1H3,(H,5,6). The van der Waals surface area contributed by atoms with E-state index in [-0.39, 0.29) is 0 Å². The van der Waals surface area contributed by atoms with Crippen LogP contribution in [0.1, 0.15) is 13.3 Å². The molecule has 0 heterocycles. The van der Waals surface area contributed by atoms with Gasteiger partial charge in [-0.15, -0.1) is 0 Å². The van der Waals surface area contributed by atoms with Crippen molar-refractivity contribution in [2.24, 2.45) is 0 Å². The molecule has 0 bridgehead atoms. The lowest BCUT2D eigenvalue weighted by Gasteiger charge is -1.92. The molecule has 0 saturated carbocycles. The summed E-state index contributed by atoms with van der Waals surface area (Å²) in [5, 5.41) is 0. The van der Waals surface area contributed by atoms with E-state index < -0.39 is 0 Å². The molecule has 1 amide bonds. The summed E-state index contributed by atoms with van der Waals surface area (Å²) >= 11 is 0. The Bertz CT molecular complexity index is 47.0. The van der Waals surface area contributed by atoms with E-state index in [0.717, 1.165) is 6.42 Å². The van der Waals surface area contributed by atoms with Crippen LogP contribution in [0.4, 0.5) is 0 Å². The number of hydroxylamine groups is 1. The van der Waals surface area contributed by atoms with Crippen LogP contribution >= 0.6 is 0 Å². The molecule has 0 aliphatic heterocycles. The lowest BCUT2D eigenvalue weighted by molar-refractivity contribution is 0.0834. The number of amides is 1. The van der Waals surface area contributed by atoms with E-state index >= 15 is 0 Å². The van der Waals surface area contributed by atoms with Crippen molar-refractivity contribution in [1.82, 2.24) is 5.48 Å².